The molecular formula is C16H19F3N2O3. The number of amides is 1. The highest BCUT2D eigenvalue weighted by molar-refractivity contribution is 5.95. The van der Waals surface area contributed by atoms with Gasteiger partial charge in [0.05, 0.1) is 0 Å². The van der Waals surface area contributed by atoms with Gasteiger partial charge < -0.3 is 10.4 Å². The van der Waals surface area contributed by atoms with Crippen LogP contribution in [0.1, 0.15) is 38.5 Å². The Morgan fingerprint density at radius 1 is 1.17 bits per heavy atom. The Morgan fingerprint density at radius 3 is 2.21 bits per heavy atom. The maximum absolute atomic E-state index is 12.1. The summed E-state index contributed by atoms with van der Waals surface area (Å²) in [6.07, 6.45) is 5.89. The summed E-state index contributed by atoms with van der Waals surface area (Å²) in [6, 6.07) is 3.68. The molecule has 1 heterocycles. The number of carbonyl (C=O) groups is 2. The molecule has 5 nitrogen and oxygen atoms in total. The first-order valence-corrected chi connectivity index (χ1v) is 7.76. The number of pyridine rings is 1. The van der Waals surface area contributed by atoms with Gasteiger partial charge in [-0.1, -0.05) is 19.3 Å². The van der Waals surface area contributed by atoms with Crippen molar-refractivity contribution in [1.82, 2.24) is 4.98 Å². The van der Waals surface area contributed by atoms with Crippen LogP contribution in [0.15, 0.2) is 24.5 Å². The van der Waals surface area contributed by atoms with E-state index < -0.39 is 12.1 Å². The van der Waals surface area contributed by atoms with E-state index in [1.54, 1.807) is 12.4 Å². The van der Waals surface area contributed by atoms with E-state index >= 15 is 0 Å². The molecule has 8 heteroatoms. The van der Waals surface area contributed by atoms with E-state index in [0.717, 1.165) is 12.1 Å². The number of rotatable bonds is 2. The van der Waals surface area contributed by atoms with E-state index in [1.165, 1.54) is 32.1 Å². The molecule has 2 saturated carbocycles. The van der Waals surface area contributed by atoms with Gasteiger partial charge in [-0.3, -0.25) is 9.78 Å². The second kappa shape index (κ2) is 7.19. The number of carboxylic acids is 1. The number of aromatic nitrogens is 1. The van der Waals surface area contributed by atoms with Crippen molar-refractivity contribution < 1.29 is 27.9 Å². The van der Waals surface area contributed by atoms with Crippen molar-refractivity contribution in [3.8, 4) is 0 Å². The Kier molecular flexibility index (Phi) is 5.46. The van der Waals surface area contributed by atoms with Crippen LogP contribution in [0.3, 0.4) is 0 Å². The number of carboxylic acid groups (broad SMARTS) is 1. The SMILES string of the molecule is O=C(Nc1ccncc1)C1CC12CCCCC2.O=C(O)C(F)(F)F. The van der Waals surface area contributed by atoms with E-state index in [-0.39, 0.29) is 11.8 Å². The summed E-state index contributed by atoms with van der Waals surface area (Å²) in [5, 5.41) is 10.1. The lowest BCUT2D eigenvalue weighted by Gasteiger charge is -2.22. The monoisotopic (exact) mass is 344 g/mol. The van der Waals surface area contributed by atoms with Gasteiger partial charge in [0.25, 0.3) is 0 Å². The molecule has 1 atom stereocenters. The quantitative estimate of drug-likeness (QED) is 0.859. The van der Waals surface area contributed by atoms with Crippen molar-refractivity contribution >= 4 is 17.6 Å². The molecule has 2 aliphatic carbocycles. The third kappa shape index (κ3) is 4.69. The Hall–Kier alpha value is -2.12. The molecule has 0 radical (unpaired) electrons. The minimum absolute atomic E-state index is 0.207. The third-order valence-electron chi connectivity index (χ3n) is 4.55. The average Bonchev–Trinajstić information content (AvgIpc) is 3.22. The van der Waals surface area contributed by atoms with Crippen LogP contribution in [0.4, 0.5) is 18.9 Å². The van der Waals surface area contributed by atoms with Gasteiger partial charge in [-0.25, -0.2) is 4.79 Å². The highest BCUT2D eigenvalue weighted by atomic mass is 19.4. The fourth-order valence-corrected chi connectivity index (χ4v) is 3.19. The fourth-order valence-electron chi connectivity index (χ4n) is 3.19. The van der Waals surface area contributed by atoms with E-state index in [2.05, 4.69) is 10.3 Å². The Labute approximate surface area is 137 Å². The highest BCUT2D eigenvalue weighted by Gasteiger charge is 2.57. The largest absolute Gasteiger partial charge is 0.490 e. The number of carbonyl (C=O) groups excluding carboxylic acids is 1. The van der Waals surface area contributed by atoms with Gasteiger partial charge in [0, 0.05) is 24.0 Å². The molecule has 2 N–H and O–H groups in total. The van der Waals surface area contributed by atoms with E-state index in [9.17, 15) is 18.0 Å². The average molecular weight is 344 g/mol. The Balaban J connectivity index is 0.000000256. The van der Waals surface area contributed by atoms with Crippen LogP contribution in [0, 0.1) is 11.3 Å². The number of nitrogens with zero attached hydrogens (tertiary/aromatic N) is 1. The first-order valence-electron chi connectivity index (χ1n) is 7.76. The van der Waals surface area contributed by atoms with Crippen LogP contribution in [0.2, 0.25) is 0 Å². The van der Waals surface area contributed by atoms with Crippen molar-refractivity contribution in [1.29, 1.82) is 0 Å². The number of hydrogen-bond acceptors (Lipinski definition) is 3. The van der Waals surface area contributed by atoms with Gasteiger partial charge in [-0.15, -0.1) is 0 Å². The standard InChI is InChI=1S/C14H18N2O.C2HF3O2/c17-13(16-11-4-8-15-9-5-11)12-10-14(12)6-2-1-3-7-14;3-2(4,5)1(6)7/h4-5,8-9,12H,1-3,6-7,10H2,(H,15,16,17);(H,6,7). The number of aliphatic carboxylic acids is 1. The second-order valence-electron chi connectivity index (χ2n) is 6.21. The van der Waals surface area contributed by atoms with Crippen molar-refractivity contribution in [3.05, 3.63) is 24.5 Å². The lowest BCUT2D eigenvalue weighted by atomic mass is 9.84. The van der Waals surface area contributed by atoms with E-state index in [4.69, 9.17) is 9.90 Å². The Morgan fingerprint density at radius 2 is 1.71 bits per heavy atom. The van der Waals surface area contributed by atoms with Crippen LogP contribution in [-0.4, -0.2) is 28.1 Å². The molecule has 0 aromatic carbocycles. The van der Waals surface area contributed by atoms with Gasteiger partial charge in [0.2, 0.25) is 5.91 Å². The summed E-state index contributed by atoms with van der Waals surface area (Å²) in [6.45, 7) is 0. The minimum Gasteiger partial charge on any atom is -0.475 e. The van der Waals surface area contributed by atoms with Gasteiger partial charge >= 0.3 is 12.1 Å². The lowest BCUT2D eigenvalue weighted by Crippen LogP contribution is -2.21. The molecule has 3 rings (SSSR count). The summed E-state index contributed by atoms with van der Waals surface area (Å²) in [5.74, 6) is -2.29. The minimum atomic E-state index is -5.08. The van der Waals surface area contributed by atoms with Crippen molar-refractivity contribution in [3.63, 3.8) is 0 Å². The van der Waals surface area contributed by atoms with Crippen LogP contribution in [-0.2, 0) is 9.59 Å². The Bertz CT molecular complexity index is 584. The molecule has 1 spiro atoms. The lowest BCUT2D eigenvalue weighted by molar-refractivity contribution is -0.192. The summed E-state index contributed by atoms with van der Waals surface area (Å²) in [5.41, 5.74) is 1.23. The summed E-state index contributed by atoms with van der Waals surface area (Å²) < 4.78 is 31.7. The maximum Gasteiger partial charge on any atom is 0.490 e. The van der Waals surface area contributed by atoms with E-state index in [1.807, 2.05) is 12.1 Å². The zero-order valence-electron chi connectivity index (χ0n) is 13.0. The fraction of sp³-hybridized carbons (Fsp3) is 0.562. The molecule has 0 bridgehead atoms. The van der Waals surface area contributed by atoms with Gasteiger partial charge in [0.15, 0.2) is 0 Å². The zero-order chi connectivity index (χ0) is 17.8. The molecule has 0 saturated heterocycles. The smallest absolute Gasteiger partial charge is 0.475 e. The number of nitrogens with one attached hydrogen (secondary N) is 1. The molecule has 1 aromatic heterocycles. The number of alkyl halides is 3. The first-order chi connectivity index (χ1) is 11.2. The molecule has 1 amide bonds. The predicted molar refractivity (Wildman–Crippen MR) is 80.2 cm³/mol. The predicted octanol–water partition coefficient (Wildman–Crippen LogP) is 3.62. The van der Waals surface area contributed by atoms with Crippen LogP contribution in [0.25, 0.3) is 0 Å². The molecule has 132 valence electrons. The molecule has 0 aliphatic heterocycles. The molecule has 2 fully saturated rings. The van der Waals surface area contributed by atoms with E-state index in [0.29, 0.717) is 5.41 Å². The van der Waals surface area contributed by atoms with Gasteiger partial charge in [0.1, 0.15) is 0 Å². The van der Waals surface area contributed by atoms with Crippen LogP contribution >= 0.6 is 0 Å². The van der Waals surface area contributed by atoms with Crippen molar-refractivity contribution in [2.45, 2.75) is 44.7 Å². The zero-order valence-corrected chi connectivity index (χ0v) is 13.0. The summed E-state index contributed by atoms with van der Waals surface area (Å²) in [7, 11) is 0. The third-order valence-corrected chi connectivity index (χ3v) is 4.55. The van der Waals surface area contributed by atoms with Crippen molar-refractivity contribution in [2.24, 2.45) is 11.3 Å². The number of anilines is 1. The topological polar surface area (TPSA) is 79.3 Å². The highest BCUT2D eigenvalue weighted by Crippen LogP contribution is 2.61. The normalized spacial score (nSPS) is 21.4. The van der Waals surface area contributed by atoms with Gasteiger partial charge in [-0.05, 0) is 36.8 Å². The number of halogens is 3. The molecule has 2 aliphatic rings. The molecule has 24 heavy (non-hydrogen) atoms. The molecule has 1 unspecified atom stereocenters. The van der Waals surface area contributed by atoms with Gasteiger partial charge in [-0.2, -0.15) is 13.2 Å². The van der Waals surface area contributed by atoms with Crippen molar-refractivity contribution in [2.75, 3.05) is 5.32 Å². The second-order valence-corrected chi connectivity index (χ2v) is 6.21. The van der Waals surface area contributed by atoms with Crippen LogP contribution in [0.5, 0.6) is 0 Å². The molecule has 1 aromatic rings. The van der Waals surface area contributed by atoms with Crippen LogP contribution < -0.4 is 5.32 Å². The summed E-state index contributed by atoms with van der Waals surface area (Å²) >= 11 is 0. The molecular weight excluding hydrogens is 325 g/mol. The summed E-state index contributed by atoms with van der Waals surface area (Å²) in [4.78, 5) is 25.0. The maximum atomic E-state index is 12.1. The number of hydrogen-bond donors (Lipinski definition) is 2. The first kappa shape index (κ1) is 18.2.